The standard InChI is InChI=1S/C24H23FN6O2/c1-33-24-27-13-18(14-28-24)20-4-2-3-5-21(20)29-8-10-30(11-9-29)22(32)16-31-7-6-17-12-19(25)15-26-23(17)31/h2-7,12-15H,8-11,16H2,1H3. The van der Waals surface area contributed by atoms with E-state index in [2.05, 4.69) is 25.9 Å². The van der Waals surface area contributed by atoms with Gasteiger partial charge >= 0.3 is 6.01 Å². The first-order chi connectivity index (χ1) is 16.1. The van der Waals surface area contributed by atoms with Crippen LogP contribution in [0.15, 0.2) is 61.2 Å². The van der Waals surface area contributed by atoms with Gasteiger partial charge in [0.1, 0.15) is 18.0 Å². The van der Waals surface area contributed by atoms with E-state index < -0.39 is 0 Å². The van der Waals surface area contributed by atoms with Crippen LogP contribution < -0.4 is 9.64 Å². The minimum atomic E-state index is -0.385. The molecule has 1 aliphatic heterocycles. The Hall–Kier alpha value is -4.01. The minimum Gasteiger partial charge on any atom is -0.467 e. The van der Waals surface area contributed by atoms with E-state index in [9.17, 15) is 9.18 Å². The maximum Gasteiger partial charge on any atom is 0.316 e. The first kappa shape index (κ1) is 20.9. The van der Waals surface area contributed by atoms with E-state index in [-0.39, 0.29) is 18.3 Å². The number of piperazine rings is 1. The summed E-state index contributed by atoms with van der Waals surface area (Å²) < 4.78 is 20.2. The lowest BCUT2D eigenvalue weighted by Gasteiger charge is -2.37. The Balaban J connectivity index is 1.27. The van der Waals surface area contributed by atoms with Gasteiger partial charge in [-0.15, -0.1) is 0 Å². The summed E-state index contributed by atoms with van der Waals surface area (Å²) in [6.45, 7) is 2.86. The number of amides is 1. The molecule has 0 bridgehead atoms. The Bertz CT molecular complexity index is 1280. The molecule has 0 atom stereocenters. The molecule has 8 nitrogen and oxygen atoms in total. The Morgan fingerprint density at radius 2 is 1.79 bits per heavy atom. The third kappa shape index (κ3) is 4.21. The number of benzene rings is 1. The molecule has 0 aliphatic carbocycles. The molecule has 1 saturated heterocycles. The van der Waals surface area contributed by atoms with Crippen LogP contribution in [-0.2, 0) is 11.3 Å². The predicted octanol–water partition coefficient (Wildman–Crippen LogP) is 2.99. The van der Waals surface area contributed by atoms with Gasteiger partial charge in [-0.25, -0.2) is 19.3 Å². The fourth-order valence-corrected chi connectivity index (χ4v) is 4.18. The Morgan fingerprint density at radius 1 is 1.03 bits per heavy atom. The molecule has 0 saturated carbocycles. The van der Waals surface area contributed by atoms with Crippen molar-refractivity contribution in [1.29, 1.82) is 0 Å². The number of aromatic nitrogens is 4. The van der Waals surface area contributed by atoms with E-state index in [0.29, 0.717) is 30.1 Å². The second-order valence-electron chi connectivity index (χ2n) is 7.85. The Labute approximate surface area is 190 Å². The number of hydrogen-bond acceptors (Lipinski definition) is 6. The van der Waals surface area contributed by atoms with Gasteiger partial charge in [-0.2, -0.15) is 0 Å². The van der Waals surface area contributed by atoms with Crippen molar-refractivity contribution in [3.63, 3.8) is 0 Å². The largest absolute Gasteiger partial charge is 0.467 e. The highest BCUT2D eigenvalue weighted by Gasteiger charge is 2.23. The van der Waals surface area contributed by atoms with Crippen LogP contribution in [0.3, 0.4) is 0 Å². The summed E-state index contributed by atoms with van der Waals surface area (Å²) in [7, 11) is 1.54. The number of para-hydroxylation sites is 1. The second kappa shape index (κ2) is 8.85. The third-order valence-corrected chi connectivity index (χ3v) is 5.87. The number of halogens is 1. The van der Waals surface area contributed by atoms with Crippen molar-refractivity contribution in [2.24, 2.45) is 0 Å². The number of fused-ring (bicyclic) bond motifs is 1. The number of pyridine rings is 1. The predicted molar refractivity (Wildman–Crippen MR) is 123 cm³/mol. The average Bonchev–Trinajstić information content (AvgIpc) is 3.25. The van der Waals surface area contributed by atoms with Gasteiger partial charge in [-0.05, 0) is 18.2 Å². The highest BCUT2D eigenvalue weighted by molar-refractivity contribution is 5.82. The summed E-state index contributed by atoms with van der Waals surface area (Å²) in [5.41, 5.74) is 3.64. The first-order valence-electron chi connectivity index (χ1n) is 10.7. The summed E-state index contributed by atoms with van der Waals surface area (Å²) in [6.07, 6.45) is 6.46. The smallest absolute Gasteiger partial charge is 0.316 e. The molecule has 0 N–H and O–H groups in total. The van der Waals surface area contributed by atoms with Gasteiger partial charge < -0.3 is 19.1 Å². The van der Waals surface area contributed by atoms with Crippen LogP contribution in [-0.4, -0.2) is 63.6 Å². The molecule has 1 aliphatic rings. The van der Waals surface area contributed by atoms with Crippen LogP contribution in [0.4, 0.5) is 10.1 Å². The molecule has 33 heavy (non-hydrogen) atoms. The average molecular weight is 446 g/mol. The number of carbonyl (C=O) groups is 1. The van der Waals surface area contributed by atoms with Crippen LogP contribution in [0.2, 0.25) is 0 Å². The van der Waals surface area contributed by atoms with Crippen molar-refractivity contribution in [3.05, 3.63) is 67.0 Å². The first-order valence-corrected chi connectivity index (χ1v) is 10.7. The summed E-state index contributed by atoms with van der Waals surface area (Å²) in [6, 6.07) is 11.7. The molecule has 1 aromatic carbocycles. The van der Waals surface area contributed by atoms with Gasteiger partial charge in [0.05, 0.1) is 13.3 Å². The van der Waals surface area contributed by atoms with Crippen LogP contribution in [0.25, 0.3) is 22.2 Å². The summed E-state index contributed by atoms with van der Waals surface area (Å²) >= 11 is 0. The lowest BCUT2D eigenvalue weighted by Crippen LogP contribution is -2.49. The molecule has 1 fully saturated rings. The lowest BCUT2D eigenvalue weighted by atomic mass is 10.1. The van der Waals surface area contributed by atoms with Crippen molar-refractivity contribution in [3.8, 4) is 17.1 Å². The minimum absolute atomic E-state index is 0.0233. The molecule has 3 aromatic heterocycles. The fourth-order valence-electron chi connectivity index (χ4n) is 4.18. The molecule has 0 spiro atoms. The molecular weight excluding hydrogens is 423 g/mol. The summed E-state index contributed by atoms with van der Waals surface area (Å²) in [4.78, 5) is 29.6. The van der Waals surface area contributed by atoms with Crippen molar-refractivity contribution < 1.29 is 13.9 Å². The van der Waals surface area contributed by atoms with Gasteiger partial charge in [0.25, 0.3) is 0 Å². The van der Waals surface area contributed by atoms with Crippen molar-refractivity contribution >= 4 is 22.6 Å². The maximum absolute atomic E-state index is 13.4. The molecule has 168 valence electrons. The summed E-state index contributed by atoms with van der Waals surface area (Å²) in [5.74, 6) is -0.362. The van der Waals surface area contributed by atoms with Gasteiger partial charge in [0.15, 0.2) is 0 Å². The van der Waals surface area contributed by atoms with Crippen molar-refractivity contribution in [2.45, 2.75) is 6.54 Å². The number of nitrogens with zero attached hydrogens (tertiary/aromatic N) is 6. The lowest BCUT2D eigenvalue weighted by molar-refractivity contribution is -0.132. The Morgan fingerprint density at radius 3 is 2.55 bits per heavy atom. The monoisotopic (exact) mass is 446 g/mol. The van der Waals surface area contributed by atoms with Crippen LogP contribution >= 0.6 is 0 Å². The van der Waals surface area contributed by atoms with Crippen LogP contribution in [0.1, 0.15) is 0 Å². The second-order valence-corrected chi connectivity index (χ2v) is 7.85. The van der Waals surface area contributed by atoms with Crippen molar-refractivity contribution in [1.82, 2.24) is 24.4 Å². The zero-order valence-corrected chi connectivity index (χ0v) is 18.2. The zero-order chi connectivity index (χ0) is 22.8. The van der Waals surface area contributed by atoms with E-state index in [0.717, 1.165) is 29.9 Å². The van der Waals surface area contributed by atoms with E-state index in [1.165, 1.54) is 12.3 Å². The SMILES string of the molecule is COc1ncc(-c2ccccc2N2CCN(C(=O)Cn3ccc4cc(F)cnc43)CC2)cn1. The topological polar surface area (TPSA) is 76.4 Å². The molecule has 9 heteroatoms. The van der Waals surface area contributed by atoms with E-state index in [1.54, 1.807) is 36.3 Å². The number of anilines is 1. The van der Waals surface area contributed by atoms with Gasteiger partial charge in [0.2, 0.25) is 5.91 Å². The maximum atomic E-state index is 13.4. The van der Waals surface area contributed by atoms with Gasteiger partial charge in [-0.1, -0.05) is 18.2 Å². The highest BCUT2D eigenvalue weighted by Crippen LogP contribution is 2.31. The molecule has 1 amide bonds. The van der Waals surface area contributed by atoms with Crippen LogP contribution in [0.5, 0.6) is 6.01 Å². The van der Waals surface area contributed by atoms with Crippen molar-refractivity contribution in [2.75, 3.05) is 38.2 Å². The van der Waals surface area contributed by atoms with E-state index in [1.807, 2.05) is 23.1 Å². The normalized spacial score (nSPS) is 14.0. The fraction of sp³-hybridized carbons (Fsp3) is 0.250. The quantitative estimate of drug-likeness (QED) is 0.469. The number of rotatable bonds is 5. The third-order valence-electron chi connectivity index (χ3n) is 5.87. The Kier molecular flexibility index (Phi) is 5.60. The van der Waals surface area contributed by atoms with Crippen LogP contribution in [0, 0.1) is 5.82 Å². The van der Waals surface area contributed by atoms with Gasteiger partial charge in [-0.3, -0.25) is 4.79 Å². The van der Waals surface area contributed by atoms with E-state index >= 15 is 0 Å². The number of carbonyl (C=O) groups excluding carboxylic acids is 1. The van der Waals surface area contributed by atoms with Gasteiger partial charge in [0, 0.05) is 67.0 Å². The zero-order valence-electron chi connectivity index (χ0n) is 18.2. The molecule has 4 aromatic rings. The molecule has 0 radical (unpaired) electrons. The number of methoxy groups -OCH3 is 1. The van der Waals surface area contributed by atoms with E-state index in [4.69, 9.17) is 4.74 Å². The number of hydrogen-bond donors (Lipinski definition) is 0. The molecular formula is C24H23FN6O2. The summed E-state index contributed by atoms with van der Waals surface area (Å²) in [5, 5.41) is 0.687. The number of ether oxygens (including phenoxy) is 1. The molecule has 5 rings (SSSR count). The highest BCUT2D eigenvalue weighted by atomic mass is 19.1. The molecule has 0 unspecified atom stereocenters. The molecule has 4 heterocycles.